The average molecular weight is 226 g/mol. The fourth-order valence-electron chi connectivity index (χ4n) is 1.64. The highest BCUT2D eigenvalue weighted by Gasteiger charge is 2.06. The standard InChI is InChI=1S/C11H12ClNO2/c12-8-2-3-10-9(5-8)7(6-13-10)1-4-11(14)15/h2-3,5-6,11,13-15H,1,4H2. The fraction of sp³-hybridized carbons (Fsp3) is 0.273. The minimum atomic E-state index is -1.26. The molecule has 0 radical (unpaired) electrons. The molecule has 1 aromatic heterocycles. The van der Waals surface area contributed by atoms with E-state index in [1.165, 1.54) is 0 Å². The van der Waals surface area contributed by atoms with E-state index in [2.05, 4.69) is 4.98 Å². The van der Waals surface area contributed by atoms with Crippen LogP contribution in [0.4, 0.5) is 0 Å². The van der Waals surface area contributed by atoms with E-state index in [-0.39, 0.29) is 0 Å². The summed E-state index contributed by atoms with van der Waals surface area (Å²) >= 11 is 5.90. The van der Waals surface area contributed by atoms with Crippen molar-refractivity contribution in [2.45, 2.75) is 19.1 Å². The Kier molecular flexibility index (Phi) is 2.95. The second kappa shape index (κ2) is 4.23. The quantitative estimate of drug-likeness (QED) is 0.701. The Hall–Kier alpha value is -1.03. The number of aromatic nitrogens is 1. The van der Waals surface area contributed by atoms with Gasteiger partial charge in [0.25, 0.3) is 0 Å². The number of aliphatic hydroxyl groups is 2. The summed E-state index contributed by atoms with van der Waals surface area (Å²) in [6.45, 7) is 0. The summed E-state index contributed by atoms with van der Waals surface area (Å²) in [4.78, 5) is 3.12. The van der Waals surface area contributed by atoms with Crippen LogP contribution in [0.3, 0.4) is 0 Å². The van der Waals surface area contributed by atoms with E-state index in [0.717, 1.165) is 16.5 Å². The first-order valence-electron chi connectivity index (χ1n) is 4.78. The van der Waals surface area contributed by atoms with Crippen LogP contribution in [0.1, 0.15) is 12.0 Å². The number of rotatable bonds is 3. The summed E-state index contributed by atoms with van der Waals surface area (Å²) in [5.74, 6) is 0. The normalized spacial score (nSPS) is 11.5. The van der Waals surface area contributed by atoms with Gasteiger partial charge in [0.15, 0.2) is 6.29 Å². The number of fused-ring (bicyclic) bond motifs is 1. The van der Waals surface area contributed by atoms with Crippen LogP contribution in [0.2, 0.25) is 5.02 Å². The number of benzene rings is 1. The second-order valence-corrected chi connectivity index (χ2v) is 3.96. The molecule has 1 heterocycles. The van der Waals surface area contributed by atoms with Gasteiger partial charge >= 0.3 is 0 Å². The third kappa shape index (κ3) is 2.31. The molecule has 0 saturated heterocycles. The van der Waals surface area contributed by atoms with Gasteiger partial charge in [-0.3, -0.25) is 0 Å². The van der Waals surface area contributed by atoms with Gasteiger partial charge in [0.2, 0.25) is 0 Å². The second-order valence-electron chi connectivity index (χ2n) is 3.52. The van der Waals surface area contributed by atoms with E-state index in [0.29, 0.717) is 17.9 Å². The Labute approximate surface area is 92.3 Å². The zero-order valence-corrected chi connectivity index (χ0v) is 8.83. The third-order valence-corrected chi connectivity index (χ3v) is 2.64. The van der Waals surface area contributed by atoms with Gasteiger partial charge in [-0.2, -0.15) is 0 Å². The van der Waals surface area contributed by atoms with E-state index in [9.17, 15) is 0 Å². The monoisotopic (exact) mass is 225 g/mol. The lowest BCUT2D eigenvalue weighted by Crippen LogP contribution is -2.05. The summed E-state index contributed by atoms with van der Waals surface area (Å²) in [5.41, 5.74) is 2.07. The summed E-state index contributed by atoms with van der Waals surface area (Å²) in [7, 11) is 0. The van der Waals surface area contributed by atoms with Crippen molar-refractivity contribution < 1.29 is 10.2 Å². The molecule has 0 spiro atoms. The predicted octanol–water partition coefficient (Wildman–Crippen LogP) is 2.06. The van der Waals surface area contributed by atoms with Crippen molar-refractivity contribution in [2.75, 3.05) is 0 Å². The number of aromatic amines is 1. The average Bonchev–Trinajstić information content (AvgIpc) is 2.57. The Balaban J connectivity index is 2.31. The molecule has 0 aliphatic heterocycles. The lowest BCUT2D eigenvalue weighted by atomic mass is 10.1. The van der Waals surface area contributed by atoms with Crippen LogP contribution in [0.15, 0.2) is 24.4 Å². The van der Waals surface area contributed by atoms with E-state index in [1.807, 2.05) is 24.4 Å². The molecule has 80 valence electrons. The molecule has 0 atom stereocenters. The van der Waals surface area contributed by atoms with Crippen molar-refractivity contribution in [3.05, 3.63) is 35.0 Å². The molecule has 3 nitrogen and oxygen atoms in total. The molecular formula is C11H12ClNO2. The van der Waals surface area contributed by atoms with Crippen LogP contribution in [-0.4, -0.2) is 21.5 Å². The maximum Gasteiger partial charge on any atom is 0.151 e. The highest BCUT2D eigenvalue weighted by Crippen LogP contribution is 2.23. The van der Waals surface area contributed by atoms with Gasteiger partial charge in [-0.25, -0.2) is 0 Å². The zero-order chi connectivity index (χ0) is 10.8. The molecule has 3 N–H and O–H groups in total. The maximum absolute atomic E-state index is 8.80. The van der Waals surface area contributed by atoms with Crippen molar-refractivity contribution in [1.29, 1.82) is 0 Å². The van der Waals surface area contributed by atoms with Crippen LogP contribution < -0.4 is 0 Å². The van der Waals surface area contributed by atoms with Crippen molar-refractivity contribution >= 4 is 22.5 Å². The van der Waals surface area contributed by atoms with Crippen LogP contribution in [0.5, 0.6) is 0 Å². The Bertz CT molecular complexity index is 465. The molecule has 1 aromatic carbocycles. The lowest BCUT2D eigenvalue weighted by molar-refractivity contribution is -0.0446. The van der Waals surface area contributed by atoms with Crippen molar-refractivity contribution in [2.24, 2.45) is 0 Å². The molecule has 4 heteroatoms. The number of nitrogens with one attached hydrogen (secondary N) is 1. The molecule has 15 heavy (non-hydrogen) atoms. The van der Waals surface area contributed by atoms with Gasteiger partial charge in [-0.15, -0.1) is 0 Å². The van der Waals surface area contributed by atoms with E-state index < -0.39 is 6.29 Å². The number of hydrogen-bond acceptors (Lipinski definition) is 2. The minimum Gasteiger partial charge on any atom is -0.368 e. The summed E-state index contributed by atoms with van der Waals surface area (Å²) in [5, 5.41) is 19.3. The molecule has 0 bridgehead atoms. The number of hydrogen-bond donors (Lipinski definition) is 3. The molecule has 0 fully saturated rings. The number of aliphatic hydroxyl groups excluding tert-OH is 1. The van der Waals surface area contributed by atoms with Gasteiger partial charge in [0, 0.05) is 28.5 Å². The van der Waals surface area contributed by atoms with Crippen LogP contribution in [-0.2, 0) is 6.42 Å². The Morgan fingerprint density at radius 2 is 2.13 bits per heavy atom. The molecule has 0 amide bonds. The van der Waals surface area contributed by atoms with Crippen molar-refractivity contribution in [1.82, 2.24) is 4.98 Å². The van der Waals surface area contributed by atoms with Gasteiger partial charge < -0.3 is 15.2 Å². The molecule has 0 saturated carbocycles. The van der Waals surface area contributed by atoms with Crippen LogP contribution in [0, 0.1) is 0 Å². The largest absolute Gasteiger partial charge is 0.368 e. The van der Waals surface area contributed by atoms with Crippen LogP contribution in [0.25, 0.3) is 10.9 Å². The van der Waals surface area contributed by atoms with Crippen LogP contribution >= 0.6 is 11.6 Å². The molecule has 0 aliphatic rings. The summed E-state index contributed by atoms with van der Waals surface area (Å²) in [6.07, 6.45) is 1.58. The first-order valence-corrected chi connectivity index (χ1v) is 5.16. The smallest absolute Gasteiger partial charge is 0.151 e. The molecular weight excluding hydrogens is 214 g/mol. The van der Waals surface area contributed by atoms with Gasteiger partial charge in [-0.1, -0.05) is 11.6 Å². The maximum atomic E-state index is 8.80. The van der Waals surface area contributed by atoms with Crippen molar-refractivity contribution in [3.8, 4) is 0 Å². The topological polar surface area (TPSA) is 56.2 Å². The van der Waals surface area contributed by atoms with Crippen molar-refractivity contribution in [3.63, 3.8) is 0 Å². The number of halogens is 1. The van der Waals surface area contributed by atoms with E-state index >= 15 is 0 Å². The molecule has 2 aromatic rings. The molecule has 0 aliphatic carbocycles. The zero-order valence-electron chi connectivity index (χ0n) is 8.07. The highest BCUT2D eigenvalue weighted by molar-refractivity contribution is 6.31. The third-order valence-electron chi connectivity index (χ3n) is 2.40. The van der Waals surface area contributed by atoms with Gasteiger partial charge in [0.05, 0.1) is 0 Å². The number of H-pyrrole nitrogens is 1. The number of aryl methyl sites for hydroxylation is 1. The molecule has 2 rings (SSSR count). The lowest BCUT2D eigenvalue weighted by Gasteiger charge is -2.02. The van der Waals surface area contributed by atoms with E-state index in [1.54, 1.807) is 0 Å². The SMILES string of the molecule is OC(O)CCc1c[nH]c2ccc(Cl)cc12. The minimum absolute atomic E-state index is 0.333. The van der Waals surface area contributed by atoms with Gasteiger partial charge in [-0.05, 0) is 30.2 Å². The Morgan fingerprint density at radius 3 is 2.87 bits per heavy atom. The van der Waals surface area contributed by atoms with Gasteiger partial charge in [0.1, 0.15) is 0 Å². The Morgan fingerprint density at radius 1 is 1.33 bits per heavy atom. The fourth-order valence-corrected chi connectivity index (χ4v) is 1.81. The van der Waals surface area contributed by atoms with E-state index in [4.69, 9.17) is 21.8 Å². The first kappa shape index (κ1) is 10.5. The molecule has 0 unspecified atom stereocenters. The predicted molar refractivity (Wildman–Crippen MR) is 59.9 cm³/mol. The first-order chi connectivity index (χ1) is 7.16. The summed E-state index contributed by atoms with van der Waals surface area (Å²) < 4.78 is 0. The summed E-state index contributed by atoms with van der Waals surface area (Å²) in [6, 6.07) is 5.62. The highest BCUT2D eigenvalue weighted by atomic mass is 35.5.